The summed E-state index contributed by atoms with van der Waals surface area (Å²) in [4.78, 5) is 48.7. The van der Waals surface area contributed by atoms with Crippen LogP contribution in [0.25, 0.3) is 0 Å². The Balaban J connectivity index is 1.09. The summed E-state index contributed by atoms with van der Waals surface area (Å²) in [6.45, 7) is 7.20. The van der Waals surface area contributed by atoms with Crippen LogP contribution in [0.2, 0.25) is 5.02 Å². The van der Waals surface area contributed by atoms with E-state index in [1.165, 1.54) is 12.8 Å². The Morgan fingerprint density at radius 1 is 0.938 bits per heavy atom. The highest BCUT2D eigenvalue weighted by Crippen LogP contribution is 2.33. The van der Waals surface area contributed by atoms with Crippen molar-refractivity contribution in [3.05, 3.63) is 58.1 Å². The fraction of sp³-hybridized carbons (Fsp3) is 0.595. The molecule has 48 heavy (non-hydrogen) atoms. The molecule has 0 saturated carbocycles. The van der Waals surface area contributed by atoms with Crippen molar-refractivity contribution in [2.45, 2.75) is 76.9 Å². The minimum absolute atomic E-state index is 0.0241. The lowest BCUT2D eigenvalue weighted by molar-refractivity contribution is -0.142. The van der Waals surface area contributed by atoms with Crippen LogP contribution in [0.4, 0.5) is 21.0 Å². The maximum Gasteiger partial charge on any atom is 0.410 e. The van der Waals surface area contributed by atoms with E-state index in [4.69, 9.17) is 22.1 Å². The molecular weight excluding hydrogens is 628 g/mol. The van der Waals surface area contributed by atoms with E-state index >= 15 is 0 Å². The number of carbonyl (C=O) groups is 3. The summed E-state index contributed by atoms with van der Waals surface area (Å²) in [6.07, 6.45) is 5.98. The van der Waals surface area contributed by atoms with Gasteiger partial charge in [-0.25, -0.2) is 9.59 Å². The Bertz CT molecular complexity index is 1460. The third-order valence-electron chi connectivity index (χ3n) is 11.2. The fourth-order valence-electron chi connectivity index (χ4n) is 8.13. The van der Waals surface area contributed by atoms with Gasteiger partial charge in [0.05, 0.1) is 10.7 Å². The summed E-state index contributed by atoms with van der Waals surface area (Å²) in [5.74, 6) is 1.20. The number of piperidine rings is 3. The fourth-order valence-corrected chi connectivity index (χ4v) is 8.39. The molecule has 0 radical (unpaired) electrons. The molecule has 4 heterocycles. The Morgan fingerprint density at radius 3 is 2.27 bits per heavy atom. The van der Waals surface area contributed by atoms with Crippen molar-refractivity contribution in [2.24, 2.45) is 11.8 Å². The minimum atomic E-state index is -0.964. The normalized spacial score (nSPS) is 21.0. The lowest BCUT2D eigenvalue weighted by atomic mass is 9.79. The topological polar surface area (TPSA) is 111 Å². The standard InChI is InChI=1S/C37H51ClN6O4/c1-3-26-22-25(23-31(38)34(26)39)24-33(35(45)42-17-10-28(11-18-42)27-8-15-41(2)16-9-27)48-37(47)43-19-13-30(14-20-43)44-21-12-29-6-4-5-7-32(29)40-36(44)46/h4-7,22-23,27-28,30,33H,3,8-21,24,39H2,1-2H3,(H,40,46)/t33-/m1/s1. The molecular formula is C37H51ClN6O4. The summed E-state index contributed by atoms with van der Waals surface area (Å²) in [6, 6.07) is 11.6. The second-order valence-electron chi connectivity index (χ2n) is 14.1. The van der Waals surface area contributed by atoms with Crippen LogP contribution in [-0.2, 0) is 28.8 Å². The summed E-state index contributed by atoms with van der Waals surface area (Å²) < 4.78 is 6.09. The number of fused-ring (bicyclic) bond motifs is 1. The summed E-state index contributed by atoms with van der Waals surface area (Å²) in [7, 11) is 2.19. The molecule has 0 spiro atoms. The highest BCUT2D eigenvalue weighted by atomic mass is 35.5. The van der Waals surface area contributed by atoms with E-state index < -0.39 is 12.2 Å². The van der Waals surface area contributed by atoms with Crippen LogP contribution in [0.3, 0.4) is 0 Å². The van der Waals surface area contributed by atoms with Gasteiger partial charge in [0.15, 0.2) is 6.10 Å². The Morgan fingerprint density at radius 2 is 1.58 bits per heavy atom. The molecule has 10 nitrogen and oxygen atoms in total. The van der Waals surface area contributed by atoms with Gasteiger partial charge in [0.1, 0.15) is 0 Å². The number of ether oxygens (including phenoxy) is 1. The number of amides is 4. The van der Waals surface area contributed by atoms with Gasteiger partial charge in [-0.15, -0.1) is 0 Å². The number of likely N-dealkylation sites (tertiary alicyclic amines) is 3. The van der Waals surface area contributed by atoms with Crippen molar-refractivity contribution in [2.75, 3.05) is 63.9 Å². The van der Waals surface area contributed by atoms with Gasteiger partial charge >= 0.3 is 12.1 Å². The Labute approximate surface area is 289 Å². The quantitative estimate of drug-likeness (QED) is 0.366. The van der Waals surface area contributed by atoms with Gasteiger partial charge in [0.25, 0.3) is 5.91 Å². The largest absolute Gasteiger partial charge is 0.436 e. The SMILES string of the molecule is CCc1cc(C[C@@H](OC(=O)N2CCC(N3CCc4ccccc4NC3=O)CC2)C(=O)N2CCC(C3CCN(C)CC3)CC2)cc(Cl)c1N. The zero-order chi connectivity index (χ0) is 33.8. The zero-order valence-corrected chi connectivity index (χ0v) is 29.2. The van der Waals surface area contributed by atoms with Gasteiger partial charge < -0.3 is 35.4 Å². The number of nitrogen functional groups attached to an aromatic ring is 1. The second kappa shape index (κ2) is 15.4. The number of hydrogen-bond acceptors (Lipinski definition) is 6. The molecule has 0 aliphatic carbocycles. The zero-order valence-electron chi connectivity index (χ0n) is 28.5. The van der Waals surface area contributed by atoms with E-state index in [-0.39, 0.29) is 24.4 Å². The van der Waals surface area contributed by atoms with Crippen molar-refractivity contribution < 1.29 is 19.1 Å². The maximum absolute atomic E-state index is 14.1. The number of nitrogens with one attached hydrogen (secondary N) is 1. The molecule has 3 N–H and O–H groups in total. The van der Waals surface area contributed by atoms with E-state index in [1.54, 1.807) is 11.0 Å². The number of hydrogen-bond donors (Lipinski definition) is 2. The summed E-state index contributed by atoms with van der Waals surface area (Å²) >= 11 is 6.49. The van der Waals surface area contributed by atoms with Crippen LogP contribution in [0.5, 0.6) is 0 Å². The van der Waals surface area contributed by atoms with Gasteiger partial charge in [0, 0.05) is 50.9 Å². The summed E-state index contributed by atoms with van der Waals surface area (Å²) in [5.41, 5.74) is 10.5. The van der Waals surface area contributed by atoms with E-state index in [2.05, 4.69) is 23.3 Å². The lowest BCUT2D eigenvalue weighted by Gasteiger charge is -2.40. The van der Waals surface area contributed by atoms with Gasteiger partial charge in [-0.3, -0.25) is 4.79 Å². The molecule has 3 saturated heterocycles. The van der Waals surface area contributed by atoms with Gasteiger partial charge in [-0.1, -0.05) is 42.8 Å². The third-order valence-corrected chi connectivity index (χ3v) is 11.5. The molecule has 0 unspecified atom stereocenters. The molecule has 4 amide bonds. The molecule has 2 aromatic rings. The second-order valence-corrected chi connectivity index (χ2v) is 14.5. The van der Waals surface area contributed by atoms with Crippen LogP contribution >= 0.6 is 11.6 Å². The molecule has 0 aromatic heterocycles. The molecule has 260 valence electrons. The predicted octanol–water partition coefficient (Wildman–Crippen LogP) is 5.67. The number of benzene rings is 2. The van der Waals surface area contributed by atoms with Crippen LogP contribution in [0.15, 0.2) is 36.4 Å². The monoisotopic (exact) mass is 678 g/mol. The number of para-hydroxylation sites is 1. The van der Waals surface area contributed by atoms with Crippen LogP contribution < -0.4 is 11.1 Å². The number of urea groups is 1. The lowest BCUT2D eigenvalue weighted by Crippen LogP contribution is -2.52. The van der Waals surface area contributed by atoms with Crippen LogP contribution in [-0.4, -0.2) is 103 Å². The smallest absolute Gasteiger partial charge is 0.410 e. The van der Waals surface area contributed by atoms with Crippen LogP contribution in [0, 0.1) is 11.8 Å². The number of aryl methyl sites for hydroxylation is 1. The van der Waals surface area contributed by atoms with Crippen molar-refractivity contribution in [3.8, 4) is 0 Å². The molecule has 4 aliphatic rings. The maximum atomic E-state index is 14.1. The van der Waals surface area contributed by atoms with Gasteiger partial charge in [-0.05, 0) is 112 Å². The number of carbonyl (C=O) groups excluding carboxylic acids is 3. The third kappa shape index (κ3) is 7.86. The first-order valence-corrected chi connectivity index (χ1v) is 18.2. The Hall–Kier alpha value is -3.50. The molecule has 6 rings (SSSR count). The molecule has 4 aliphatic heterocycles. The molecule has 1 atom stereocenters. The molecule has 3 fully saturated rings. The first kappa shape index (κ1) is 34.4. The number of nitrogens with zero attached hydrogens (tertiary/aromatic N) is 4. The highest BCUT2D eigenvalue weighted by molar-refractivity contribution is 6.33. The van der Waals surface area contributed by atoms with Gasteiger partial charge in [-0.2, -0.15) is 0 Å². The Kier molecular flexibility index (Phi) is 11.0. The van der Waals surface area contributed by atoms with Crippen molar-refractivity contribution in [3.63, 3.8) is 0 Å². The average Bonchev–Trinajstić information content (AvgIpc) is 3.27. The van der Waals surface area contributed by atoms with E-state index in [9.17, 15) is 14.4 Å². The number of halogens is 1. The van der Waals surface area contributed by atoms with E-state index in [1.807, 2.05) is 41.0 Å². The number of anilines is 2. The molecule has 11 heteroatoms. The van der Waals surface area contributed by atoms with E-state index in [0.29, 0.717) is 68.6 Å². The van der Waals surface area contributed by atoms with Crippen molar-refractivity contribution in [1.29, 1.82) is 0 Å². The molecule has 0 bridgehead atoms. The average molecular weight is 679 g/mol. The van der Waals surface area contributed by atoms with Crippen LogP contribution in [0.1, 0.15) is 62.1 Å². The van der Waals surface area contributed by atoms with Crippen molar-refractivity contribution >= 4 is 41.0 Å². The number of nitrogens with two attached hydrogens (primary N) is 1. The summed E-state index contributed by atoms with van der Waals surface area (Å²) in [5, 5.41) is 3.50. The predicted molar refractivity (Wildman–Crippen MR) is 189 cm³/mol. The van der Waals surface area contributed by atoms with E-state index in [0.717, 1.165) is 60.6 Å². The van der Waals surface area contributed by atoms with Crippen molar-refractivity contribution in [1.82, 2.24) is 19.6 Å². The number of rotatable bonds is 7. The first-order valence-electron chi connectivity index (χ1n) is 17.8. The minimum Gasteiger partial charge on any atom is -0.436 e. The highest BCUT2D eigenvalue weighted by Gasteiger charge is 2.37. The first-order chi connectivity index (χ1) is 23.2. The van der Waals surface area contributed by atoms with Gasteiger partial charge in [0.2, 0.25) is 0 Å². The molecule has 2 aromatic carbocycles.